The fourth-order valence-electron chi connectivity index (χ4n) is 2.96. The van der Waals surface area contributed by atoms with Crippen LogP contribution in [-0.4, -0.2) is 43.6 Å². The average molecular weight is 376 g/mol. The molecule has 0 aromatic heterocycles. The number of anilines is 1. The van der Waals surface area contributed by atoms with Gasteiger partial charge in [0.25, 0.3) is 0 Å². The Labute approximate surface area is 155 Å². The molecule has 1 aliphatic heterocycles. The summed E-state index contributed by atoms with van der Waals surface area (Å²) in [5.41, 5.74) is 0.925. The zero-order valence-electron chi connectivity index (χ0n) is 14.5. The standard InChI is InChI=1S/C20H19F3N2O2/c21-16-6-2-3-7-17(16)24-11-13-25(14-12-24)19(26)10-9-15-5-1-4-8-18(15)27-20(22)23/h1-10,20H,11-14H2/b10-9+. The number of amides is 1. The van der Waals surface area contributed by atoms with Crippen LogP contribution >= 0.6 is 0 Å². The molecule has 0 radical (unpaired) electrons. The summed E-state index contributed by atoms with van der Waals surface area (Å²) in [6, 6.07) is 12.8. The number of hydrogen-bond acceptors (Lipinski definition) is 3. The van der Waals surface area contributed by atoms with Crippen LogP contribution in [0, 0.1) is 5.82 Å². The Morgan fingerprint density at radius 2 is 1.67 bits per heavy atom. The van der Waals surface area contributed by atoms with Gasteiger partial charge in [-0.3, -0.25) is 4.79 Å². The number of benzene rings is 2. The highest BCUT2D eigenvalue weighted by Crippen LogP contribution is 2.22. The van der Waals surface area contributed by atoms with Crippen molar-refractivity contribution in [2.45, 2.75) is 6.61 Å². The fourth-order valence-corrected chi connectivity index (χ4v) is 2.96. The summed E-state index contributed by atoms with van der Waals surface area (Å²) >= 11 is 0. The highest BCUT2D eigenvalue weighted by molar-refractivity contribution is 5.92. The molecule has 3 rings (SSSR count). The van der Waals surface area contributed by atoms with Gasteiger partial charge in [-0.25, -0.2) is 4.39 Å². The van der Waals surface area contributed by atoms with Crippen molar-refractivity contribution in [3.05, 3.63) is 66.0 Å². The topological polar surface area (TPSA) is 32.8 Å². The van der Waals surface area contributed by atoms with Crippen LogP contribution < -0.4 is 9.64 Å². The zero-order valence-corrected chi connectivity index (χ0v) is 14.5. The number of carbonyl (C=O) groups excluding carboxylic acids is 1. The lowest BCUT2D eigenvalue weighted by molar-refractivity contribution is -0.126. The van der Waals surface area contributed by atoms with Crippen molar-refractivity contribution in [3.63, 3.8) is 0 Å². The molecule has 0 N–H and O–H groups in total. The number of nitrogens with zero attached hydrogens (tertiary/aromatic N) is 2. The van der Waals surface area contributed by atoms with Crippen molar-refractivity contribution >= 4 is 17.7 Å². The highest BCUT2D eigenvalue weighted by atomic mass is 19.3. The Hall–Kier alpha value is -2.96. The van der Waals surface area contributed by atoms with E-state index in [1.165, 1.54) is 24.3 Å². The molecule has 2 aromatic rings. The van der Waals surface area contributed by atoms with E-state index in [0.717, 1.165) is 0 Å². The van der Waals surface area contributed by atoms with Crippen LogP contribution in [0.4, 0.5) is 18.9 Å². The highest BCUT2D eigenvalue weighted by Gasteiger charge is 2.21. The number of hydrogen-bond donors (Lipinski definition) is 0. The molecule has 0 saturated carbocycles. The van der Waals surface area contributed by atoms with Crippen LogP contribution in [0.5, 0.6) is 5.75 Å². The van der Waals surface area contributed by atoms with Gasteiger partial charge in [-0.15, -0.1) is 0 Å². The van der Waals surface area contributed by atoms with Gasteiger partial charge in [0.2, 0.25) is 5.91 Å². The molecule has 7 heteroatoms. The molecule has 1 amide bonds. The Morgan fingerprint density at radius 1 is 1.00 bits per heavy atom. The summed E-state index contributed by atoms with van der Waals surface area (Å²) in [6.07, 6.45) is 2.80. The van der Waals surface area contributed by atoms with Crippen molar-refractivity contribution in [3.8, 4) is 5.75 Å². The van der Waals surface area contributed by atoms with Gasteiger partial charge in [0.05, 0.1) is 5.69 Å². The molecule has 142 valence electrons. The molecule has 1 heterocycles. The van der Waals surface area contributed by atoms with Crippen molar-refractivity contribution < 1.29 is 22.7 Å². The van der Waals surface area contributed by atoms with E-state index < -0.39 is 6.61 Å². The van der Waals surface area contributed by atoms with Crippen LogP contribution in [0.2, 0.25) is 0 Å². The van der Waals surface area contributed by atoms with E-state index in [1.807, 2.05) is 4.90 Å². The average Bonchev–Trinajstić information content (AvgIpc) is 2.67. The number of alkyl halides is 2. The molecule has 1 aliphatic rings. The normalized spacial score (nSPS) is 14.8. The van der Waals surface area contributed by atoms with Gasteiger partial charge in [-0.1, -0.05) is 30.3 Å². The van der Waals surface area contributed by atoms with E-state index in [1.54, 1.807) is 41.3 Å². The van der Waals surface area contributed by atoms with E-state index in [2.05, 4.69) is 4.74 Å². The first-order valence-corrected chi connectivity index (χ1v) is 8.55. The summed E-state index contributed by atoms with van der Waals surface area (Å²) in [5, 5.41) is 0. The number of rotatable bonds is 5. The third-order valence-corrected chi connectivity index (χ3v) is 4.33. The minimum Gasteiger partial charge on any atom is -0.434 e. The summed E-state index contributed by atoms with van der Waals surface area (Å²) in [4.78, 5) is 15.9. The van der Waals surface area contributed by atoms with Gasteiger partial charge >= 0.3 is 6.61 Å². The molecule has 2 aromatic carbocycles. The van der Waals surface area contributed by atoms with Crippen molar-refractivity contribution in [2.24, 2.45) is 0 Å². The van der Waals surface area contributed by atoms with Gasteiger partial charge in [0.1, 0.15) is 11.6 Å². The third kappa shape index (κ3) is 4.81. The van der Waals surface area contributed by atoms with E-state index in [4.69, 9.17) is 0 Å². The minimum absolute atomic E-state index is 0.0147. The lowest BCUT2D eigenvalue weighted by atomic mass is 10.2. The largest absolute Gasteiger partial charge is 0.434 e. The monoisotopic (exact) mass is 376 g/mol. The number of halogens is 3. The number of piperazine rings is 1. The predicted molar refractivity (Wildman–Crippen MR) is 97.3 cm³/mol. The molecule has 1 saturated heterocycles. The maximum absolute atomic E-state index is 13.9. The lowest BCUT2D eigenvalue weighted by Gasteiger charge is -2.35. The SMILES string of the molecule is O=C(/C=C/c1ccccc1OC(F)F)N1CCN(c2ccccc2F)CC1. The first-order chi connectivity index (χ1) is 13.0. The van der Waals surface area contributed by atoms with Gasteiger partial charge < -0.3 is 14.5 Å². The minimum atomic E-state index is -2.93. The number of ether oxygens (including phenoxy) is 1. The maximum Gasteiger partial charge on any atom is 0.387 e. The first-order valence-electron chi connectivity index (χ1n) is 8.55. The molecular formula is C20H19F3N2O2. The maximum atomic E-state index is 13.9. The Morgan fingerprint density at radius 3 is 2.37 bits per heavy atom. The zero-order chi connectivity index (χ0) is 19.2. The quantitative estimate of drug-likeness (QED) is 0.745. The fraction of sp³-hybridized carbons (Fsp3) is 0.250. The molecule has 27 heavy (non-hydrogen) atoms. The second kappa shape index (κ2) is 8.62. The molecule has 1 fully saturated rings. The first kappa shape index (κ1) is 18.8. The van der Waals surface area contributed by atoms with Crippen LogP contribution in [-0.2, 0) is 4.79 Å². The smallest absolute Gasteiger partial charge is 0.387 e. The van der Waals surface area contributed by atoms with Crippen LogP contribution in [0.3, 0.4) is 0 Å². The second-order valence-corrected chi connectivity index (χ2v) is 6.01. The molecule has 0 atom stereocenters. The number of para-hydroxylation sites is 2. The Bertz CT molecular complexity index is 818. The van der Waals surface area contributed by atoms with E-state index in [9.17, 15) is 18.0 Å². The summed E-state index contributed by atoms with van der Waals surface area (Å²) < 4.78 is 43.2. The second-order valence-electron chi connectivity index (χ2n) is 6.01. The third-order valence-electron chi connectivity index (χ3n) is 4.33. The summed E-state index contributed by atoms with van der Waals surface area (Å²) in [7, 11) is 0. The Balaban J connectivity index is 1.60. The van der Waals surface area contributed by atoms with E-state index in [-0.39, 0.29) is 17.5 Å². The predicted octanol–water partition coefficient (Wildman–Crippen LogP) is 3.79. The van der Waals surface area contributed by atoms with Gasteiger partial charge in [0, 0.05) is 37.8 Å². The molecule has 0 unspecified atom stereocenters. The lowest BCUT2D eigenvalue weighted by Crippen LogP contribution is -2.48. The van der Waals surface area contributed by atoms with Crippen molar-refractivity contribution in [2.75, 3.05) is 31.1 Å². The van der Waals surface area contributed by atoms with Crippen LogP contribution in [0.1, 0.15) is 5.56 Å². The van der Waals surface area contributed by atoms with Gasteiger partial charge in [-0.2, -0.15) is 8.78 Å². The van der Waals surface area contributed by atoms with E-state index >= 15 is 0 Å². The van der Waals surface area contributed by atoms with Gasteiger partial charge in [-0.05, 0) is 24.3 Å². The van der Waals surface area contributed by atoms with Crippen LogP contribution in [0.25, 0.3) is 6.08 Å². The van der Waals surface area contributed by atoms with Crippen LogP contribution in [0.15, 0.2) is 54.6 Å². The molecule has 4 nitrogen and oxygen atoms in total. The summed E-state index contributed by atoms with van der Waals surface area (Å²) in [5.74, 6) is -0.497. The molecule has 0 bridgehead atoms. The number of carbonyl (C=O) groups is 1. The Kier molecular flexibility index (Phi) is 6.01. The molecule has 0 spiro atoms. The van der Waals surface area contributed by atoms with Crippen molar-refractivity contribution in [1.29, 1.82) is 0 Å². The van der Waals surface area contributed by atoms with Crippen molar-refractivity contribution in [1.82, 2.24) is 4.90 Å². The summed E-state index contributed by atoms with van der Waals surface area (Å²) in [6.45, 7) is -0.988. The molecular weight excluding hydrogens is 357 g/mol. The van der Waals surface area contributed by atoms with E-state index in [0.29, 0.717) is 37.4 Å². The van der Waals surface area contributed by atoms with Gasteiger partial charge in [0.15, 0.2) is 0 Å². The molecule has 0 aliphatic carbocycles.